The van der Waals surface area contributed by atoms with Gasteiger partial charge in [0, 0.05) is 12.6 Å². The average Bonchev–Trinajstić information content (AvgIpc) is 2.11. The fourth-order valence-electron chi connectivity index (χ4n) is 1.23. The minimum atomic E-state index is 0.214. The van der Waals surface area contributed by atoms with Crippen molar-refractivity contribution < 1.29 is 5.21 Å². The summed E-state index contributed by atoms with van der Waals surface area (Å²) in [6.45, 7) is 7.08. The van der Waals surface area contributed by atoms with Gasteiger partial charge in [-0.2, -0.15) is 0 Å². The topological polar surface area (TPSA) is 61.8 Å². The summed E-state index contributed by atoms with van der Waals surface area (Å²) in [5.74, 6) is 0.214. The van der Waals surface area contributed by atoms with Crippen molar-refractivity contribution in [3.05, 3.63) is 0 Å². The van der Waals surface area contributed by atoms with Crippen LogP contribution in [0.25, 0.3) is 0 Å². The Morgan fingerprint density at radius 2 is 2.08 bits per heavy atom. The fraction of sp³-hybridized carbons (Fsp3) is 0.889. The predicted molar refractivity (Wildman–Crippen MR) is 54.8 cm³/mol. The largest absolute Gasteiger partial charge is 0.408 e. The molecule has 4 heteroatoms. The van der Waals surface area contributed by atoms with Crippen LogP contribution >= 0.6 is 0 Å². The SMILES string of the molecule is CCCCCN(C(N)=NO)C(C)C. The second-order valence-corrected chi connectivity index (χ2v) is 3.45. The first-order valence-electron chi connectivity index (χ1n) is 4.87. The summed E-state index contributed by atoms with van der Waals surface area (Å²) in [4.78, 5) is 1.90. The molecule has 0 aliphatic carbocycles. The third-order valence-electron chi connectivity index (χ3n) is 2.02. The Morgan fingerprint density at radius 1 is 1.46 bits per heavy atom. The first-order chi connectivity index (χ1) is 6.13. The first kappa shape index (κ1) is 12.1. The van der Waals surface area contributed by atoms with Crippen LogP contribution in [-0.4, -0.2) is 28.7 Å². The van der Waals surface area contributed by atoms with E-state index in [1.165, 1.54) is 12.8 Å². The van der Waals surface area contributed by atoms with Gasteiger partial charge in [0.1, 0.15) is 0 Å². The van der Waals surface area contributed by atoms with E-state index in [1.54, 1.807) is 0 Å². The number of nitrogens with two attached hydrogens (primary N) is 1. The zero-order chi connectivity index (χ0) is 10.3. The van der Waals surface area contributed by atoms with Crippen LogP contribution in [0.1, 0.15) is 40.0 Å². The van der Waals surface area contributed by atoms with Gasteiger partial charge in [-0.25, -0.2) is 0 Å². The van der Waals surface area contributed by atoms with Crippen molar-refractivity contribution >= 4 is 5.96 Å². The van der Waals surface area contributed by atoms with Crippen molar-refractivity contribution in [3.8, 4) is 0 Å². The highest BCUT2D eigenvalue weighted by Gasteiger charge is 2.11. The molecule has 0 aromatic carbocycles. The molecule has 0 aliphatic rings. The molecule has 0 aromatic rings. The molecule has 0 spiro atoms. The maximum atomic E-state index is 8.53. The number of oxime groups is 1. The van der Waals surface area contributed by atoms with Gasteiger partial charge in [0.15, 0.2) is 0 Å². The molecule has 13 heavy (non-hydrogen) atoms. The van der Waals surface area contributed by atoms with E-state index >= 15 is 0 Å². The normalized spacial score (nSPS) is 12.2. The molecule has 0 radical (unpaired) electrons. The predicted octanol–water partition coefficient (Wildman–Crippen LogP) is 1.59. The van der Waals surface area contributed by atoms with Gasteiger partial charge < -0.3 is 15.8 Å². The zero-order valence-electron chi connectivity index (χ0n) is 8.82. The molecule has 0 fully saturated rings. The summed E-state index contributed by atoms with van der Waals surface area (Å²) < 4.78 is 0. The summed E-state index contributed by atoms with van der Waals surface area (Å²) in [6, 6.07) is 0.285. The van der Waals surface area contributed by atoms with Crippen molar-refractivity contribution in [1.29, 1.82) is 0 Å². The van der Waals surface area contributed by atoms with Crippen LogP contribution in [0.15, 0.2) is 5.16 Å². The molecule has 0 aliphatic heterocycles. The summed E-state index contributed by atoms with van der Waals surface area (Å²) >= 11 is 0. The van der Waals surface area contributed by atoms with Gasteiger partial charge in [-0.05, 0) is 20.3 Å². The molecule has 0 rings (SSSR count). The van der Waals surface area contributed by atoms with Gasteiger partial charge in [-0.1, -0.05) is 24.9 Å². The lowest BCUT2D eigenvalue weighted by Crippen LogP contribution is -2.42. The Kier molecular flexibility index (Phi) is 6.10. The van der Waals surface area contributed by atoms with E-state index in [0.717, 1.165) is 13.0 Å². The summed E-state index contributed by atoms with van der Waals surface area (Å²) in [7, 11) is 0. The van der Waals surface area contributed by atoms with E-state index in [1.807, 2.05) is 18.7 Å². The molecule has 0 saturated heterocycles. The number of rotatable bonds is 5. The van der Waals surface area contributed by atoms with Crippen LogP contribution in [0.4, 0.5) is 0 Å². The second-order valence-electron chi connectivity index (χ2n) is 3.45. The summed E-state index contributed by atoms with van der Waals surface area (Å²) in [6.07, 6.45) is 3.45. The number of nitrogens with zero attached hydrogens (tertiary/aromatic N) is 2. The van der Waals surface area contributed by atoms with Crippen molar-refractivity contribution in [3.63, 3.8) is 0 Å². The second kappa shape index (κ2) is 6.57. The Bertz CT molecular complexity index is 157. The van der Waals surface area contributed by atoms with E-state index in [2.05, 4.69) is 12.1 Å². The minimum absolute atomic E-state index is 0.214. The average molecular weight is 187 g/mol. The van der Waals surface area contributed by atoms with Crippen LogP contribution in [0.2, 0.25) is 0 Å². The lowest BCUT2D eigenvalue weighted by molar-refractivity contribution is 0.279. The molecular weight excluding hydrogens is 166 g/mol. The lowest BCUT2D eigenvalue weighted by atomic mass is 10.2. The Balaban J connectivity index is 3.96. The number of guanidine groups is 1. The van der Waals surface area contributed by atoms with Gasteiger partial charge in [-0.3, -0.25) is 0 Å². The lowest BCUT2D eigenvalue weighted by Gasteiger charge is -2.26. The molecule has 0 atom stereocenters. The maximum absolute atomic E-state index is 8.53. The fourth-order valence-corrected chi connectivity index (χ4v) is 1.23. The van der Waals surface area contributed by atoms with E-state index in [-0.39, 0.29) is 12.0 Å². The van der Waals surface area contributed by atoms with Gasteiger partial charge in [0.25, 0.3) is 0 Å². The molecule has 0 saturated carbocycles. The van der Waals surface area contributed by atoms with Crippen LogP contribution in [0.3, 0.4) is 0 Å². The molecule has 0 aromatic heterocycles. The number of unbranched alkanes of at least 4 members (excludes halogenated alkanes) is 2. The van der Waals surface area contributed by atoms with Crippen LogP contribution < -0.4 is 5.73 Å². The van der Waals surface area contributed by atoms with Gasteiger partial charge >= 0.3 is 0 Å². The Morgan fingerprint density at radius 3 is 2.46 bits per heavy atom. The molecule has 0 amide bonds. The monoisotopic (exact) mass is 187 g/mol. The van der Waals surface area contributed by atoms with E-state index in [4.69, 9.17) is 10.9 Å². The number of hydrogen-bond donors (Lipinski definition) is 2. The Labute approximate surface area is 80.4 Å². The third-order valence-corrected chi connectivity index (χ3v) is 2.02. The van der Waals surface area contributed by atoms with E-state index in [9.17, 15) is 0 Å². The molecule has 4 nitrogen and oxygen atoms in total. The van der Waals surface area contributed by atoms with Gasteiger partial charge in [0.05, 0.1) is 0 Å². The molecule has 0 bridgehead atoms. The van der Waals surface area contributed by atoms with Crippen LogP contribution in [0.5, 0.6) is 0 Å². The first-order valence-corrected chi connectivity index (χ1v) is 4.87. The molecule has 78 valence electrons. The molecule has 3 N–H and O–H groups in total. The standard InChI is InChI=1S/C9H21N3O/c1-4-5-6-7-12(8(2)3)9(10)11-13/h8,13H,4-7H2,1-3H3,(H2,10,11). The molecule has 0 heterocycles. The van der Waals surface area contributed by atoms with Crippen molar-refractivity contribution in [1.82, 2.24) is 4.90 Å². The zero-order valence-corrected chi connectivity index (χ0v) is 8.82. The maximum Gasteiger partial charge on any atom is 0.233 e. The van der Waals surface area contributed by atoms with Crippen molar-refractivity contribution in [2.24, 2.45) is 10.9 Å². The highest BCUT2D eigenvalue weighted by atomic mass is 16.4. The summed E-state index contributed by atoms with van der Waals surface area (Å²) in [5.41, 5.74) is 5.53. The van der Waals surface area contributed by atoms with E-state index in [0.29, 0.717) is 0 Å². The van der Waals surface area contributed by atoms with Gasteiger partial charge in [-0.15, -0.1) is 0 Å². The number of hydrogen-bond acceptors (Lipinski definition) is 2. The molecule has 0 unspecified atom stereocenters. The van der Waals surface area contributed by atoms with Crippen molar-refractivity contribution in [2.45, 2.75) is 46.1 Å². The van der Waals surface area contributed by atoms with Gasteiger partial charge in [0.2, 0.25) is 5.96 Å². The van der Waals surface area contributed by atoms with E-state index < -0.39 is 0 Å². The van der Waals surface area contributed by atoms with Crippen LogP contribution in [0, 0.1) is 0 Å². The quantitative estimate of drug-likeness (QED) is 0.226. The highest BCUT2D eigenvalue weighted by molar-refractivity contribution is 5.77. The third kappa shape index (κ3) is 4.60. The molecular formula is C9H21N3O. The minimum Gasteiger partial charge on any atom is -0.408 e. The smallest absolute Gasteiger partial charge is 0.233 e. The Hall–Kier alpha value is -0.930. The highest BCUT2D eigenvalue weighted by Crippen LogP contribution is 2.02. The van der Waals surface area contributed by atoms with Crippen LogP contribution in [-0.2, 0) is 0 Å². The summed E-state index contributed by atoms with van der Waals surface area (Å²) in [5, 5.41) is 11.5. The van der Waals surface area contributed by atoms with Crippen molar-refractivity contribution in [2.75, 3.05) is 6.54 Å².